The van der Waals surface area contributed by atoms with Gasteiger partial charge in [0.1, 0.15) is 5.75 Å². The predicted octanol–water partition coefficient (Wildman–Crippen LogP) is 1.62. The molecule has 0 aliphatic rings. The Labute approximate surface area is 154 Å². The van der Waals surface area contributed by atoms with E-state index in [4.69, 9.17) is 0 Å². The van der Waals surface area contributed by atoms with Crippen LogP contribution in [0.1, 0.15) is 5.56 Å². The van der Waals surface area contributed by atoms with E-state index in [1.165, 1.54) is 29.0 Å². The van der Waals surface area contributed by atoms with Crippen LogP contribution in [0.3, 0.4) is 0 Å². The molecule has 25 heavy (non-hydrogen) atoms. The molecule has 0 aliphatic heterocycles. The number of aromatic nitrogens is 2. The lowest BCUT2D eigenvalue weighted by Crippen LogP contribution is -2.33. The second-order valence-corrected chi connectivity index (χ2v) is 6.51. The summed E-state index contributed by atoms with van der Waals surface area (Å²) < 4.78 is 2.36. The molecular weight excluding hydrogens is 437 g/mol. The number of H-pyrrole nitrogens is 1. The highest BCUT2D eigenvalue weighted by Gasteiger charge is 2.10. The number of halogens is 1. The number of aromatic hydroxyl groups is 1. The average Bonchev–Trinajstić information content (AvgIpc) is 2.85. The maximum atomic E-state index is 12.7. The largest absolute Gasteiger partial charge is 0.507 e. The second kappa shape index (κ2) is 6.55. The molecule has 0 atom stereocenters. The van der Waals surface area contributed by atoms with Crippen LogP contribution in [0.4, 0.5) is 5.69 Å². The van der Waals surface area contributed by atoms with Crippen molar-refractivity contribution >= 4 is 40.9 Å². The van der Waals surface area contributed by atoms with E-state index in [9.17, 15) is 20.0 Å². The van der Waals surface area contributed by atoms with E-state index >= 15 is 0 Å². The Balaban J connectivity index is 2.19. The van der Waals surface area contributed by atoms with Crippen molar-refractivity contribution in [3.8, 4) is 11.4 Å². The molecule has 7 nitrogen and oxygen atoms in total. The predicted molar refractivity (Wildman–Crippen MR) is 102 cm³/mol. The highest BCUT2D eigenvalue weighted by molar-refractivity contribution is 14.1. The lowest BCUT2D eigenvalue weighted by atomic mass is 10.1. The number of hydrogen-bond acceptors (Lipinski definition) is 4. The highest BCUT2D eigenvalue weighted by Crippen LogP contribution is 2.23. The summed E-state index contributed by atoms with van der Waals surface area (Å²) in [5.74, 6) is -0.161. The minimum absolute atomic E-state index is 0.161. The molecule has 8 heteroatoms. The molecular formula is C17H12IN3O4. The number of phenols is 1. The first-order chi connectivity index (χ1) is 11.9. The molecule has 3 rings (SSSR count). The SMILES string of the molecule is C=c1[nH]n(-c2ccc(I)cc2)c(=O)/c1=C\c1cc([N+](=O)[O-])ccc1O. The molecule has 2 aromatic carbocycles. The fourth-order valence-electron chi connectivity index (χ4n) is 2.34. The monoisotopic (exact) mass is 449 g/mol. The molecule has 0 radical (unpaired) electrons. The number of nitrogens with zero attached hydrogens (tertiary/aromatic N) is 2. The summed E-state index contributed by atoms with van der Waals surface area (Å²) in [6.45, 7) is 3.80. The third-order valence-corrected chi connectivity index (χ3v) is 4.33. The molecule has 3 aromatic rings. The Hall–Kier alpha value is -2.88. The van der Waals surface area contributed by atoms with Crippen molar-refractivity contribution in [2.24, 2.45) is 0 Å². The minimum Gasteiger partial charge on any atom is -0.507 e. The van der Waals surface area contributed by atoms with Crippen molar-refractivity contribution in [2.45, 2.75) is 0 Å². The van der Waals surface area contributed by atoms with Gasteiger partial charge in [0.2, 0.25) is 0 Å². The summed E-state index contributed by atoms with van der Waals surface area (Å²) in [5, 5.41) is 24.2. The van der Waals surface area contributed by atoms with Crippen molar-refractivity contribution in [3.05, 3.63) is 82.6 Å². The quantitative estimate of drug-likeness (QED) is 0.361. The molecule has 0 saturated heterocycles. The normalized spacial score (nSPS) is 11.6. The molecule has 0 spiro atoms. The van der Waals surface area contributed by atoms with Gasteiger partial charge in [-0.3, -0.25) is 20.0 Å². The number of rotatable bonds is 3. The number of hydrogen-bond donors (Lipinski definition) is 2. The summed E-state index contributed by atoms with van der Waals surface area (Å²) in [6, 6.07) is 10.9. The van der Waals surface area contributed by atoms with E-state index in [0.29, 0.717) is 11.0 Å². The molecule has 0 unspecified atom stereocenters. The molecule has 0 amide bonds. The molecule has 126 valence electrons. The van der Waals surface area contributed by atoms with Crippen LogP contribution >= 0.6 is 22.6 Å². The summed E-state index contributed by atoms with van der Waals surface area (Å²) >= 11 is 2.16. The Morgan fingerprint density at radius 2 is 1.92 bits per heavy atom. The summed E-state index contributed by atoms with van der Waals surface area (Å²) in [7, 11) is 0. The van der Waals surface area contributed by atoms with Crippen LogP contribution in [0.25, 0.3) is 18.3 Å². The molecule has 0 aliphatic carbocycles. The zero-order chi connectivity index (χ0) is 18.1. The molecule has 1 aromatic heterocycles. The summed E-state index contributed by atoms with van der Waals surface area (Å²) in [5.41, 5.74) is 0.267. The Morgan fingerprint density at radius 1 is 1.24 bits per heavy atom. The van der Waals surface area contributed by atoms with Gasteiger partial charge in [0.05, 0.1) is 21.2 Å². The Bertz CT molecular complexity index is 1130. The van der Waals surface area contributed by atoms with E-state index in [-0.39, 0.29) is 27.8 Å². The number of benzene rings is 2. The first-order valence-electron chi connectivity index (χ1n) is 7.12. The van der Waals surface area contributed by atoms with Crippen LogP contribution < -0.4 is 16.1 Å². The third-order valence-electron chi connectivity index (χ3n) is 3.61. The fraction of sp³-hybridized carbons (Fsp3) is 0. The first kappa shape index (κ1) is 17.0. The van der Waals surface area contributed by atoms with Gasteiger partial charge in [-0.1, -0.05) is 6.58 Å². The van der Waals surface area contributed by atoms with Crippen LogP contribution in [0.2, 0.25) is 0 Å². The van der Waals surface area contributed by atoms with E-state index in [0.717, 1.165) is 3.57 Å². The molecule has 0 fully saturated rings. The van der Waals surface area contributed by atoms with Gasteiger partial charge >= 0.3 is 0 Å². The van der Waals surface area contributed by atoms with Crippen molar-refractivity contribution in [2.75, 3.05) is 0 Å². The van der Waals surface area contributed by atoms with E-state index in [1.807, 2.05) is 12.1 Å². The average molecular weight is 449 g/mol. The topological polar surface area (TPSA) is 101 Å². The molecule has 1 heterocycles. The lowest BCUT2D eigenvalue weighted by molar-refractivity contribution is -0.384. The number of nitro benzene ring substituents is 1. The van der Waals surface area contributed by atoms with Crippen molar-refractivity contribution in [3.63, 3.8) is 0 Å². The number of phenolic OH excluding ortho intramolecular Hbond substituents is 1. The lowest BCUT2D eigenvalue weighted by Gasteiger charge is -2.00. The summed E-state index contributed by atoms with van der Waals surface area (Å²) in [6.07, 6.45) is 1.38. The number of aromatic amines is 1. The highest BCUT2D eigenvalue weighted by atomic mass is 127. The second-order valence-electron chi connectivity index (χ2n) is 5.27. The van der Waals surface area contributed by atoms with Crippen molar-refractivity contribution in [1.29, 1.82) is 0 Å². The van der Waals surface area contributed by atoms with Gasteiger partial charge in [-0.25, -0.2) is 4.68 Å². The van der Waals surface area contributed by atoms with Crippen LogP contribution in [0.15, 0.2) is 47.3 Å². The van der Waals surface area contributed by atoms with Gasteiger partial charge in [-0.05, 0) is 59.0 Å². The number of nitro groups is 1. The van der Waals surface area contributed by atoms with Crippen molar-refractivity contribution < 1.29 is 10.0 Å². The fourth-order valence-corrected chi connectivity index (χ4v) is 2.70. The standard InChI is InChI=1S/C17H12IN3O4/c1-10-15(9-11-8-14(21(24)25)6-7-16(11)22)17(23)20(19-10)13-4-2-12(18)3-5-13/h2-9,19,22H,1H2/b15-9-. The smallest absolute Gasteiger partial charge is 0.279 e. The molecule has 0 saturated carbocycles. The van der Waals surface area contributed by atoms with Gasteiger partial charge in [0.25, 0.3) is 11.2 Å². The van der Waals surface area contributed by atoms with E-state index in [1.54, 1.807) is 12.1 Å². The zero-order valence-electron chi connectivity index (χ0n) is 12.8. The van der Waals surface area contributed by atoms with Crippen molar-refractivity contribution in [1.82, 2.24) is 9.78 Å². The Morgan fingerprint density at radius 3 is 2.56 bits per heavy atom. The number of non-ortho nitro benzene ring substituents is 1. The third kappa shape index (κ3) is 3.33. The van der Waals surface area contributed by atoms with Crippen LogP contribution in [0, 0.1) is 13.7 Å². The Kier molecular flexibility index (Phi) is 4.45. The number of nitrogens with one attached hydrogen (secondary N) is 1. The molecule has 0 bridgehead atoms. The van der Waals surface area contributed by atoms with Crippen LogP contribution in [0.5, 0.6) is 5.75 Å². The summed E-state index contributed by atoms with van der Waals surface area (Å²) in [4.78, 5) is 23.0. The van der Waals surface area contributed by atoms with Gasteiger partial charge in [0.15, 0.2) is 0 Å². The first-order valence-corrected chi connectivity index (χ1v) is 8.20. The van der Waals surface area contributed by atoms with E-state index in [2.05, 4.69) is 34.3 Å². The van der Waals surface area contributed by atoms with Gasteiger partial charge in [0, 0.05) is 21.3 Å². The molecule has 2 N–H and O–H groups in total. The van der Waals surface area contributed by atoms with Crippen LogP contribution in [-0.2, 0) is 0 Å². The van der Waals surface area contributed by atoms with Crippen LogP contribution in [-0.4, -0.2) is 19.8 Å². The minimum atomic E-state index is -0.567. The van der Waals surface area contributed by atoms with Gasteiger partial charge in [-0.2, -0.15) is 0 Å². The maximum Gasteiger partial charge on any atom is 0.279 e. The zero-order valence-corrected chi connectivity index (χ0v) is 14.9. The maximum absolute atomic E-state index is 12.7. The van der Waals surface area contributed by atoms with Gasteiger partial charge in [-0.15, -0.1) is 0 Å². The van der Waals surface area contributed by atoms with Gasteiger partial charge < -0.3 is 5.11 Å². The van der Waals surface area contributed by atoms with E-state index < -0.39 is 4.92 Å².